The number of amides is 1. The molecule has 0 radical (unpaired) electrons. The van der Waals surface area contributed by atoms with Crippen LogP contribution in [0.2, 0.25) is 0 Å². The van der Waals surface area contributed by atoms with Crippen LogP contribution in [0.4, 0.5) is 5.13 Å². The fourth-order valence-electron chi connectivity index (χ4n) is 2.50. The molecule has 29 heavy (non-hydrogen) atoms. The lowest BCUT2D eigenvalue weighted by atomic mass is 10.2. The van der Waals surface area contributed by atoms with Gasteiger partial charge in [0.2, 0.25) is 11.1 Å². The monoisotopic (exact) mass is 424 g/mol. The molecular formula is C19H16N6O2S2. The van der Waals surface area contributed by atoms with Gasteiger partial charge in [-0.2, -0.15) is 4.68 Å². The van der Waals surface area contributed by atoms with Crippen molar-refractivity contribution in [2.24, 2.45) is 0 Å². The van der Waals surface area contributed by atoms with Crippen molar-refractivity contribution in [2.45, 2.75) is 17.3 Å². The number of thioether (sulfide) groups is 1. The Morgan fingerprint density at radius 2 is 1.93 bits per heavy atom. The van der Waals surface area contributed by atoms with E-state index in [2.05, 4.69) is 25.8 Å². The molecule has 4 rings (SSSR count). The van der Waals surface area contributed by atoms with E-state index in [0.29, 0.717) is 16.0 Å². The van der Waals surface area contributed by atoms with Crippen LogP contribution in [-0.2, 0) is 4.79 Å². The predicted molar refractivity (Wildman–Crippen MR) is 112 cm³/mol. The normalized spacial score (nSPS) is 11.9. The van der Waals surface area contributed by atoms with Crippen molar-refractivity contribution in [1.82, 2.24) is 25.2 Å². The number of nitrogens with one attached hydrogen (secondary N) is 1. The van der Waals surface area contributed by atoms with Crippen LogP contribution in [0, 0.1) is 0 Å². The fraction of sp³-hybridized carbons (Fsp3) is 0.105. The van der Waals surface area contributed by atoms with Crippen molar-refractivity contribution >= 4 is 34.1 Å². The molecule has 0 aliphatic heterocycles. The van der Waals surface area contributed by atoms with Crippen molar-refractivity contribution in [1.29, 1.82) is 0 Å². The number of hydrogen-bond acceptors (Lipinski definition) is 8. The Bertz CT molecular complexity index is 1110. The smallest absolute Gasteiger partial charge is 0.239 e. The van der Waals surface area contributed by atoms with E-state index in [1.165, 1.54) is 27.8 Å². The molecule has 4 aromatic rings. The van der Waals surface area contributed by atoms with Crippen molar-refractivity contribution in [2.75, 3.05) is 5.32 Å². The third-order valence-corrected chi connectivity index (χ3v) is 5.78. The quantitative estimate of drug-likeness (QED) is 0.455. The number of hydrogen-bond donors (Lipinski definition) is 2. The average molecular weight is 425 g/mol. The highest BCUT2D eigenvalue weighted by Gasteiger charge is 2.20. The number of nitrogens with zero attached hydrogens (tertiary/aromatic N) is 5. The minimum atomic E-state index is -0.444. The summed E-state index contributed by atoms with van der Waals surface area (Å²) < 4.78 is 1.52. The second-order valence-electron chi connectivity index (χ2n) is 6.04. The summed E-state index contributed by atoms with van der Waals surface area (Å²) >= 11 is 2.61. The van der Waals surface area contributed by atoms with Crippen molar-refractivity contribution in [3.8, 4) is 22.7 Å². The number of rotatable bonds is 6. The molecule has 8 nitrogen and oxygen atoms in total. The van der Waals surface area contributed by atoms with Gasteiger partial charge in [-0.25, -0.2) is 4.98 Å². The Labute approximate surface area is 174 Å². The third-order valence-electron chi connectivity index (χ3n) is 3.99. The van der Waals surface area contributed by atoms with E-state index in [1.807, 2.05) is 35.7 Å². The first-order chi connectivity index (χ1) is 14.1. The number of phenolic OH excluding ortho intramolecular Hbond substituents is 1. The van der Waals surface area contributed by atoms with E-state index >= 15 is 0 Å². The second kappa shape index (κ2) is 8.41. The standard InChI is InChI=1S/C19H16N6O2S2/c1-12(29-19-22-23-24-25(19)14-7-9-15(26)10-8-14)17(27)21-18-20-16(11-28-18)13-5-3-2-4-6-13/h2-12,26H,1H3,(H,20,21,27)/t12-/m1/s1. The lowest BCUT2D eigenvalue weighted by molar-refractivity contribution is -0.115. The minimum Gasteiger partial charge on any atom is -0.508 e. The van der Waals surface area contributed by atoms with E-state index in [1.54, 1.807) is 31.2 Å². The molecule has 0 bridgehead atoms. The Morgan fingerprint density at radius 3 is 2.69 bits per heavy atom. The molecule has 0 saturated heterocycles. The molecule has 0 spiro atoms. The second-order valence-corrected chi connectivity index (χ2v) is 8.21. The highest BCUT2D eigenvalue weighted by Crippen LogP contribution is 2.27. The molecular weight excluding hydrogens is 408 g/mol. The number of aromatic hydroxyl groups is 1. The summed E-state index contributed by atoms with van der Waals surface area (Å²) in [5, 5.41) is 26.4. The number of anilines is 1. The van der Waals surface area contributed by atoms with Crippen LogP contribution in [0.3, 0.4) is 0 Å². The molecule has 0 unspecified atom stereocenters. The molecule has 0 aliphatic carbocycles. The molecule has 2 aromatic carbocycles. The van der Waals surface area contributed by atoms with Gasteiger partial charge in [0.15, 0.2) is 5.13 Å². The van der Waals surface area contributed by atoms with Gasteiger partial charge in [-0.15, -0.1) is 16.4 Å². The lowest BCUT2D eigenvalue weighted by Gasteiger charge is -2.10. The largest absolute Gasteiger partial charge is 0.508 e. The first-order valence-corrected chi connectivity index (χ1v) is 10.4. The van der Waals surface area contributed by atoms with E-state index in [9.17, 15) is 9.90 Å². The van der Waals surface area contributed by atoms with Gasteiger partial charge in [0.25, 0.3) is 0 Å². The zero-order chi connectivity index (χ0) is 20.2. The first-order valence-electron chi connectivity index (χ1n) is 8.66. The number of phenols is 1. The summed E-state index contributed by atoms with van der Waals surface area (Å²) in [6.07, 6.45) is 0. The van der Waals surface area contributed by atoms with Gasteiger partial charge < -0.3 is 10.4 Å². The molecule has 2 aromatic heterocycles. The summed E-state index contributed by atoms with van der Waals surface area (Å²) in [4.78, 5) is 17.1. The van der Waals surface area contributed by atoms with Gasteiger partial charge in [-0.3, -0.25) is 4.79 Å². The van der Waals surface area contributed by atoms with E-state index in [-0.39, 0.29) is 11.7 Å². The number of carbonyl (C=O) groups is 1. The maximum Gasteiger partial charge on any atom is 0.239 e. The van der Waals surface area contributed by atoms with Crippen molar-refractivity contribution in [3.63, 3.8) is 0 Å². The van der Waals surface area contributed by atoms with Gasteiger partial charge >= 0.3 is 0 Å². The highest BCUT2D eigenvalue weighted by atomic mass is 32.2. The molecule has 2 heterocycles. The van der Waals surface area contributed by atoms with Crippen LogP contribution in [0.15, 0.2) is 65.1 Å². The number of thiazole rings is 1. The summed E-state index contributed by atoms with van der Waals surface area (Å²) in [5.74, 6) is -0.0358. The van der Waals surface area contributed by atoms with Crippen LogP contribution in [0.1, 0.15) is 6.92 Å². The van der Waals surface area contributed by atoms with Crippen LogP contribution < -0.4 is 5.32 Å². The minimum absolute atomic E-state index is 0.155. The summed E-state index contributed by atoms with van der Waals surface area (Å²) in [6.45, 7) is 1.78. The van der Waals surface area contributed by atoms with Crippen LogP contribution >= 0.6 is 23.1 Å². The maximum atomic E-state index is 12.6. The van der Waals surface area contributed by atoms with Crippen molar-refractivity contribution in [3.05, 3.63) is 60.0 Å². The summed E-state index contributed by atoms with van der Waals surface area (Å²) in [6, 6.07) is 16.3. The van der Waals surface area contributed by atoms with Gasteiger partial charge in [-0.1, -0.05) is 42.1 Å². The topological polar surface area (TPSA) is 106 Å². The number of aromatic nitrogens is 5. The number of benzene rings is 2. The van der Waals surface area contributed by atoms with E-state index in [0.717, 1.165) is 11.3 Å². The molecule has 1 atom stereocenters. The molecule has 10 heteroatoms. The molecule has 0 saturated carbocycles. The lowest BCUT2D eigenvalue weighted by Crippen LogP contribution is -2.22. The summed E-state index contributed by atoms with van der Waals surface area (Å²) in [7, 11) is 0. The fourth-order valence-corrected chi connectivity index (χ4v) is 4.03. The van der Waals surface area contributed by atoms with Crippen LogP contribution in [0.5, 0.6) is 5.75 Å². The van der Waals surface area contributed by atoms with E-state index in [4.69, 9.17) is 0 Å². The van der Waals surface area contributed by atoms with Gasteiger partial charge in [-0.05, 0) is 41.6 Å². The Morgan fingerprint density at radius 1 is 1.17 bits per heavy atom. The Balaban J connectivity index is 1.43. The molecule has 146 valence electrons. The van der Waals surface area contributed by atoms with Crippen LogP contribution in [0.25, 0.3) is 16.9 Å². The Kier molecular flexibility index (Phi) is 5.54. The average Bonchev–Trinajstić information content (AvgIpc) is 3.39. The molecule has 2 N–H and O–H groups in total. The number of carbonyl (C=O) groups excluding carboxylic acids is 1. The molecule has 0 aliphatic rings. The van der Waals surface area contributed by atoms with Gasteiger partial charge in [0, 0.05) is 10.9 Å². The van der Waals surface area contributed by atoms with Crippen LogP contribution in [-0.4, -0.2) is 41.5 Å². The maximum absolute atomic E-state index is 12.6. The first kappa shape index (κ1) is 19.1. The van der Waals surface area contributed by atoms with Crippen molar-refractivity contribution < 1.29 is 9.90 Å². The molecule has 1 amide bonds. The SMILES string of the molecule is C[C@@H](Sc1nnnn1-c1ccc(O)cc1)C(=O)Nc1nc(-c2ccccc2)cs1. The van der Waals surface area contributed by atoms with Gasteiger partial charge in [0.05, 0.1) is 16.6 Å². The predicted octanol–water partition coefficient (Wildman–Crippen LogP) is 3.61. The summed E-state index contributed by atoms with van der Waals surface area (Å²) in [5.41, 5.74) is 2.51. The zero-order valence-electron chi connectivity index (χ0n) is 15.3. The Hall–Kier alpha value is -3.24. The third kappa shape index (κ3) is 4.44. The van der Waals surface area contributed by atoms with Gasteiger partial charge in [0.1, 0.15) is 5.75 Å². The molecule has 0 fully saturated rings. The number of tetrazole rings is 1. The van der Waals surface area contributed by atoms with E-state index < -0.39 is 5.25 Å². The highest BCUT2D eigenvalue weighted by molar-refractivity contribution is 8.00. The zero-order valence-corrected chi connectivity index (χ0v) is 16.9.